The molecule has 2 aliphatic heterocycles. The first kappa shape index (κ1) is 29.9. The number of benzene rings is 3. The van der Waals surface area contributed by atoms with Crippen LogP contribution >= 0.6 is 0 Å². The zero-order chi connectivity index (χ0) is 27.9. The van der Waals surface area contributed by atoms with Gasteiger partial charge in [0, 0.05) is 24.2 Å². The van der Waals surface area contributed by atoms with Gasteiger partial charge in [0.25, 0.3) is 0 Å². The van der Waals surface area contributed by atoms with E-state index in [9.17, 15) is 18.4 Å². The van der Waals surface area contributed by atoms with E-state index in [1.807, 2.05) is 29.9 Å². The van der Waals surface area contributed by atoms with Crippen LogP contribution in [0.25, 0.3) is 5.57 Å². The Morgan fingerprint density at radius 1 is 0.854 bits per heavy atom. The van der Waals surface area contributed by atoms with E-state index >= 15 is 0 Å². The fourth-order valence-electron chi connectivity index (χ4n) is 5.36. The molecule has 41 heavy (non-hydrogen) atoms. The van der Waals surface area contributed by atoms with Crippen LogP contribution in [-0.2, 0) is 19.3 Å². The maximum absolute atomic E-state index is 13.6. The highest BCUT2D eigenvalue weighted by atomic mass is 19.1. The predicted molar refractivity (Wildman–Crippen MR) is 147 cm³/mol. The smallest absolute Gasteiger partial charge is 0.361 e. The van der Waals surface area contributed by atoms with Gasteiger partial charge >= 0.3 is 11.9 Å². The molecule has 0 aliphatic carbocycles. The highest BCUT2D eigenvalue weighted by Crippen LogP contribution is 2.38. The summed E-state index contributed by atoms with van der Waals surface area (Å²) in [6.07, 6.45) is 3.90. The molecule has 3 aromatic rings. The number of ether oxygens (including phenoxy) is 1. The molecule has 1 saturated heterocycles. The number of piperidine rings is 1. The first-order valence-corrected chi connectivity index (χ1v) is 13.3. The maximum Gasteiger partial charge on any atom is 0.361 e. The Kier molecular flexibility index (Phi) is 10.2. The molecule has 1 fully saturated rings. The minimum Gasteiger partial charge on any atom is -0.494 e. The molecular weight excluding hydrogens is 534 g/mol. The second kappa shape index (κ2) is 14.0. The van der Waals surface area contributed by atoms with E-state index in [0.717, 1.165) is 56.1 Å². The van der Waals surface area contributed by atoms with E-state index in [4.69, 9.17) is 4.74 Å². The highest BCUT2D eigenvalue weighted by Gasteiger charge is 2.29. The third kappa shape index (κ3) is 7.75. The standard InChI is InChI=1S/C31H30F2N2O5.H2O/c32-25-8-2-22(3-9-25)30(23-4-10-26(33)11-5-23)24-14-17-35(18-15-24)16-1-19-38-27-12-6-21(7-13-27)28-20-29(36)39-34-40-31(28)37;/h2-13,20,24,30,34H,1,14-19H2;1H2. The Hall–Kier alpha value is -4.12. The van der Waals surface area contributed by atoms with Crippen molar-refractivity contribution >= 4 is 17.5 Å². The molecule has 0 amide bonds. The fraction of sp³-hybridized carbons (Fsp3) is 0.290. The summed E-state index contributed by atoms with van der Waals surface area (Å²) in [5.41, 5.74) is 4.55. The SMILES string of the molecule is O.O=C1C=C(c2ccc(OCCCN3CCC(C(c4ccc(F)cc4)c4ccc(F)cc4)CC3)cc2)C(=O)ONO1. The second-order valence-electron chi connectivity index (χ2n) is 9.94. The van der Waals surface area contributed by atoms with Crippen molar-refractivity contribution < 1.29 is 38.3 Å². The second-order valence-corrected chi connectivity index (χ2v) is 9.94. The summed E-state index contributed by atoms with van der Waals surface area (Å²) in [4.78, 5) is 35.0. The van der Waals surface area contributed by atoms with Crippen molar-refractivity contribution in [3.8, 4) is 5.75 Å². The van der Waals surface area contributed by atoms with E-state index in [1.165, 1.54) is 24.3 Å². The molecule has 0 saturated carbocycles. The fourth-order valence-corrected chi connectivity index (χ4v) is 5.36. The lowest BCUT2D eigenvalue weighted by molar-refractivity contribution is -0.188. The Bertz CT molecular complexity index is 1290. The number of nitrogens with one attached hydrogen (secondary N) is 1. The van der Waals surface area contributed by atoms with Gasteiger partial charge in [-0.15, -0.1) is 0 Å². The monoisotopic (exact) mass is 566 g/mol. The molecule has 5 rings (SSSR count). The third-order valence-corrected chi connectivity index (χ3v) is 7.37. The van der Waals surface area contributed by atoms with Crippen molar-refractivity contribution in [2.45, 2.75) is 25.2 Å². The van der Waals surface area contributed by atoms with E-state index in [1.54, 1.807) is 24.3 Å². The zero-order valence-electron chi connectivity index (χ0n) is 22.4. The highest BCUT2D eigenvalue weighted by molar-refractivity contribution is 6.20. The first-order chi connectivity index (χ1) is 19.5. The van der Waals surface area contributed by atoms with Gasteiger partial charge < -0.3 is 24.8 Å². The van der Waals surface area contributed by atoms with Crippen molar-refractivity contribution in [3.63, 3.8) is 0 Å². The van der Waals surface area contributed by atoms with Gasteiger partial charge in [0.15, 0.2) is 0 Å². The molecule has 0 spiro atoms. The number of hydrogen-bond donors (Lipinski definition) is 1. The third-order valence-electron chi connectivity index (χ3n) is 7.37. The lowest BCUT2D eigenvalue weighted by Gasteiger charge is -2.36. The van der Waals surface area contributed by atoms with Crippen LogP contribution in [0.5, 0.6) is 5.75 Å². The molecule has 0 unspecified atom stereocenters. The number of nitrogens with zero attached hydrogens (tertiary/aromatic N) is 1. The van der Waals surface area contributed by atoms with Crippen molar-refractivity contribution in [1.29, 1.82) is 0 Å². The van der Waals surface area contributed by atoms with Crippen LogP contribution in [-0.4, -0.2) is 48.6 Å². The number of halogens is 2. The molecular formula is C31H32F2N2O6. The number of likely N-dealkylation sites (tertiary alicyclic amines) is 1. The van der Waals surface area contributed by atoms with Crippen LogP contribution in [0.4, 0.5) is 8.78 Å². The van der Waals surface area contributed by atoms with Gasteiger partial charge in [0.2, 0.25) is 0 Å². The summed E-state index contributed by atoms with van der Waals surface area (Å²) >= 11 is 0. The maximum atomic E-state index is 13.6. The summed E-state index contributed by atoms with van der Waals surface area (Å²) in [5, 5.41) is 0. The Morgan fingerprint density at radius 2 is 1.44 bits per heavy atom. The molecule has 2 heterocycles. The van der Waals surface area contributed by atoms with E-state index < -0.39 is 11.9 Å². The number of carbonyl (C=O) groups is 2. The van der Waals surface area contributed by atoms with Crippen molar-refractivity contribution in [2.24, 2.45) is 5.92 Å². The van der Waals surface area contributed by atoms with Crippen LogP contribution in [0.1, 0.15) is 41.9 Å². The quantitative estimate of drug-likeness (QED) is 0.384. The van der Waals surface area contributed by atoms with Crippen LogP contribution in [0.15, 0.2) is 78.9 Å². The van der Waals surface area contributed by atoms with Gasteiger partial charge in [0.1, 0.15) is 17.4 Å². The molecule has 0 aromatic heterocycles. The minimum absolute atomic E-state index is 0. The van der Waals surface area contributed by atoms with Crippen LogP contribution in [0.2, 0.25) is 0 Å². The van der Waals surface area contributed by atoms with Crippen molar-refractivity contribution in [1.82, 2.24) is 10.5 Å². The van der Waals surface area contributed by atoms with Crippen molar-refractivity contribution in [3.05, 3.63) is 107 Å². The van der Waals surface area contributed by atoms with E-state index in [2.05, 4.69) is 14.6 Å². The van der Waals surface area contributed by atoms with Gasteiger partial charge in [-0.25, -0.2) is 18.4 Å². The Labute approximate surface area is 236 Å². The normalized spacial score (nSPS) is 16.3. The molecule has 10 heteroatoms. The molecule has 2 aliphatic rings. The summed E-state index contributed by atoms with van der Waals surface area (Å²) < 4.78 is 33.1. The minimum atomic E-state index is -0.730. The van der Waals surface area contributed by atoms with Gasteiger partial charge in [-0.3, -0.25) is 0 Å². The average molecular weight is 567 g/mol. The summed E-state index contributed by atoms with van der Waals surface area (Å²) in [7, 11) is 0. The number of hydrogen-bond acceptors (Lipinski definition) is 7. The van der Waals surface area contributed by atoms with Crippen LogP contribution in [0, 0.1) is 17.6 Å². The topological polar surface area (TPSA) is 109 Å². The molecule has 8 nitrogen and oxygen atoms in total. The van der Waals surface area contributed by atoms with Gasteiger partial charge in [-0.1, -0.05) is 36.4 Å². The average Bonchev–Trinajstić information content (AvgIpc) is 3.14. The lowest BCUT2D eigenvalue weighted by atomic mass is 9.76. The molecule has 216 valence electrons. The predicted octanol–water partition coefficient (Wildman–Crippen LogP) is 4.36. The zero-order valence-corrected chi connectivity index (χ0v) is 22.4. The molecule has 3 aromatic carbocycles. The van der Waals surface area contributed by atoms with E-state index in [0.29, 0.717) is 23.8 Å². The molecule has 0 radical (unpaired) electrons. The Balaban J connectivity index is 0.00000387. The first-order valence-electron chi connectivity index (χ1n) is 13.3. The Morgan fingerprint density at radius 3 is 2.02 bits per heavy atom. The van der Waals surface area contributed by atoms with Gasteiger partial charge in [0.05, 0.1) is 12.2 Å². The summed E-state index contributed by atoms with van der Waals surface area (Å²) in [5.74, 6) is -0.850. The molecule has 3 N–H and O–H groups in total. The van der Waals surface area contributed by atoms with Crippen LogP contribution < -0.4 is 10.4 Å². The van der Waals surface area contributed by atoms with Gasteiger partial charge in [-0.05, 0) is 91.4 Å². The number of rotatable bonds is 9. The van der Waals surface area contributed by atoms with Gasteiger partial charge in [-0.2, -0.15) is 0 Å². The largest absolute Gasteiger partial charge is 0.494 e. The van der Waals surface area contributed by atoms with E-state index in [-0.39, 0.29) is 28.6 Å². The summed E-state index contributed by atoms with van der Waals surface area (Å²) in [6.45, 7) is 3.33. The molecule has 0 bridgehead atoms. The van der Waals surface area contributed by atoms with Crippen molar-refractivity contribution in [2.75, 3.05) is 26.2 Å². The van der Waals surface area contributed by atoms with Crippen LogP contribution in [0.3, 0.4) is 0 Å². The number of carbonyl (C=O) groups excluding carboxylic acids is 2. The summed E-state index contributed by atoms with van der Waals surface area (Å²) in [6, 6.07) is 20.2. The lowest BCUT2D eigenvalue weighted by Crippen LogP contribution is -2.36. The molecule has 0 atom stereocenters.